The minimum absolute atomic E-state index is 0.188. The molecule has 0 aliphatic carbocycles. The first-order valence-corrected chi connectivity index (χ1v) is 5.98. The van der Waals surface area contributed by atoms with Crippen molar-refractivity contribution in [2.45, 2.75) is 6.54 Å². The summed E-state index contributed by atoms with van der Waals surface area (Å²) in [4.78, 5) is 18.1. The number of nitrogens with zero attached hydrogens (tertiary/aromatic N) is 3. The minimum Gasteiger partial charge on any atom is -0.490 e. The molecule has 0 saturated heterocycles. The summed E-state index contributed by atoms with van der Waals surface area (Å²) < 4.78 is 6.45. The summed E-state index contributed by atoms with van der Waals surface area (Å²) in [5, 5.41) is 0. The average Bonchev–Trinajstić information content (AvgIpc) is 2.42. The summed E-state index contributed by atoms with van der Waals surface area (Å²) in [6.45, 7) is 0.688. The zero-order chi connectivity index (χ0) is 13.8. The molecule has 100 valence electrons. The molecule has 0 bridgehead atoms. The first kappa shape index (κ1) is 13.1. The van der Waals surface area contributed by atoms with E-state index in [1.165, 1.54) is 17.9 Å². The number of benzene rings is 1. The van der Waals surface area contributed by atoms with Crippen molar-refractivity contribution in [1.29, 1.82) is 0 Å². The lowest BCUT2D eigenvalue weighted by Crippen LogP contribution is -2.28. The van der Waals surface area contributed by atoms with Crippen LogP contribution in [0.4, 0.5) is 5.95 Å². The molecular formula is C14H17N3O2. The highest BCUT2D eigenvalue weighted by Gasteiger charge is 2.11. The fourth-order valence-electron chi connectivity index (χ4n) is 1.94. The molecule has 0 radical (unpaired) electrons. The predicted molar refractivity (Wildman–Crippen MR) is 74.6 cm³/mol. The van der Waals surface area contributed by atoms with Crippen LogP contribution in [0.1, 0.15) is 5.56 Å². The highest BCUT2D eigenvalue weighted by molar-refractivity contribution is 5.34. The molecule has 2 aromatic rings. The van der Waals surface area contributed by atoms with Gasteiger partial charge in [-0.3, -0.25) is 9.36 Å². The van der Waals surface area contributed by atoms with Crippen molar-refractivity contribution < 1.29 is 4.74 Å². The van der Waals surface area contributed by atoms with E-state index < -0.39 is 0 Å². The van der Waals surface area contributed by atoms with E-state index in [0.29, 0.717) is 12.5 Å². The Labute approximate surface area is 112 Å². The molecule has 2 rings (SSSR count). The molecule has 5 heteroatoms. The Hall–Kier alpha value is -2.30. The van der Waals surface area contributed by atoms with Crippen LogP contribution in [-0.4, -0.2) is 23.7 Å². The number of rotatable bonds is 4. The first-order chi connectivity index (χ1) is 9.13. The Morgan fingerprint density at radius 3 is 2.63 bits per heavy atom. The maximum Gasteiger partial charge on any atom is 0.297 e. The van der Waals surface area contributed by atoms with Gasteiger partial charge in [-0.2, -0.15) is 0 Å². The van der Waals surface area contributed by atoms with Gasteiger partial charge in [0.25, 0.3) is 5.56 Å². The zero-order valence-corrected chi connectivity index (χ0v) is 11.3. The number of hydrogen-bond donors (Lipinski definition) is 0. The van der Waals surface area contributed by atoms with Crippen molar-refractivity contribution in [2.75, 3.05) is 19.1 Å². The molecule has 0 unspecified atom stereocenters. The van der Waals surface area contributed by atoms with Crippen LogP contribution in [0.15, 0.2) is 41.3 Å². The van der Waals surface area contributed by atoms with Gasteiger partial charge in [0, 0.05) is 20.6 Å². The normalized spacial score (nSPS) is 10.3. The molecule has 0 aliphatic heterocycles. The van der Waals surface area contributed by atoms with Crippen LogP contribution in [-0.2, 0) is 13.6 Å². The van der Waals surface area contributed by atoms with Gasteiger partial charge in [-0.25, -0.2) is 4.98 Å². The van der Waals surface area contributed by atoms with Crippen LogP contribution in [0.2, 0.25) is 0 Å². The van der Waals surface area contributed by atoms with Crippen LogP contribution in [0.3, 0.4) is 0 Å². The molecule has 0 amide bonds. The molecule has 0 atom stereocenters. The van der Waals surface area contributed by atoms with E-state index in [1.807, 2.05) is 42.3 Å². The summed E-state index contributed by atoms with van der Waals surface area (Å²) in [5.74, 6) is 0.856. The third-order valence-corrected chi connectivity index (χ3v) is 2.94. The quantitative estimate of drug-likeness (QED) is 0.833. The van der Waals surface area contributed by atoms with Crippen molar-refractivity contribution in [3.8, 4) is 5.75 Å². The van der Waals surface area contributed by atoms with Gasteiger partial charge in [0.2, 0.25) is 11.7 Å². The maximum atomic E-state index is 11.9. The molecule has 1 aromatic carbocycles. The summed E-state index contributed by atoms with van der Waals surface area (Å²) in [6.07, 6.45) is 1.46. The van der Waals surface area contributed by atoms with E-state index in [-0.39, 0.29) is 11.3 Å². The fourth-order valence-corrected chi connectivity index (χ4v) is 1.94. The Kier molecular flexibility index (Phi) is 3.85. The predicted octanol–water partition coefficient (Wildman–Crippen LogP) is 1.43. The molecule has 1 aromatic heterocycles. The summed E-state index contributed by atoms with van der Waals surface area (Å²) >= 11 is 0. The van der Waals surface area contributed by atoms with Gasteiger partial charge in [-0.05, 0) is 5.56 Å². The fraction of sp³-hybridized carbons (Fsp3) is 0.286. The monoisotopic (exact) mass is 259 g/mol. The number of ether oxygens (including phenoxy) is 1. The van der Waals surface area contributed by atoms with Gasteiger partial charge in [0.05, 0.1) is 13.3 Å². The summed E-state index contributed by atoms with van der Waals surface area (Å²) in [5.41, 5.74) is 0.975. The van der Waals surface area contributed by atoms with Crippen LogP contribution >= 0.6 is 0 Å². The highest BCUT2D eigenvalue weighted by Crippen LogP contribution is 2.12. The molecule has 0 saturated carbocycles. The first-order valence-electron chi connectivity index (χ1n) is 5.98. The molecule has 0 fully saturated rings. The Bertz CT molecular complexity index is 608. The SMILES string of the molecule is COc1cnc(N(C)Cc2ccccc2)n(C)c1=O. The van der Waals surface area contributed by atoms with E-state index >= 15 is 0 Å². The number of anilines is 1. The van der Waals surface area contributed by atoms with Crippen LogP contribution in [0, 0.1) is 0 Å². The minimum atomic E-state index is -0.188. The third-order valence-electron chi connectivity index (χ3n) is 2.94. The average molecular weight is 259 g/mol. The van der Waals surface area contributed by atoms with Gasteiger partial charge < -0.3 is 9.64 Å². The van der Waals surface area contributed by atoms with Gasteiger partial charge in [0.15, 0.2) is 0 Å². The van der Waals surface area contributed by atoms with Crippen molar-refractivity contribution in [3.05, 3.63) is 52.4 Å². The van der Waals surface area contributed by atoms with Gasteiger partial charge in [-0.15, -0.1) is 0 Å². The zero-order valence-electron chi connectivity index (χ0n) is 11.3. The molecule has 19 heavy (non-hydrogen) atoms. The third kappa shape index (κ3) is 2.76. The van der Waals surface area contributed by atoms with E-state index in [0.717, 1.165) is 5.56 Å². The summed E-state index contributed by atoms with van der Waals surface area (Å²) in [6, 6.07) is 10.0. The van der Waals surface area contributed by atoms with E-state index in [9.17, 15) is 4.79 Å². The maximum absolute atomic E-state index is 11.9. The Morgan fingerprint density at radius 1 is 1.32 bits per heavy atom. The largest absolute Gasteiger partial charge is 0.490 e. The van der Waals surface area contributed by atoms with Gasteiger partial charge in [0.1, 0.15) is 0 Å². The van der Waals surface area contributed by atoms with Crippen LogP contribution in [0.25, 0.3) is 0 Å². The van der Waals surface area contributed by atoms with Crippen LogP contribution < -0.4 is 15.2 Å². The lowest BCUT2D eigenvalue weighted by atomic mass is 10.2. The molecular weight excluding hydrogens is 242 g/mol. The molecule has 0 spiro atoms. The van der Waals surface area contributed by atoms with Crippen molar-refractivity contribution in [3.63, 3.8) is 0 Å². The highest BCUT2D eigenvalue weighted by atomic mass is 16.5. The van der Waals surface area contributed by atoms with E-state index in [4.69, 9.17) is 4.74 Å². The molecule has 0 aliphatic rings. The van der Waals surface area contributed by atoms with Gasteiger partial charge in [-0.1, -0.05) is 30.3 Å². The van der Waals surface area contributed by atoms with E-state index in [2.05, 4.69) is 4.98 Å². The lowest BCUT2D eigenvalue weighted by molar-refractivity contribution is 0.402. The molecule has 5 nitrogen and oxygen atoms in total. The molecule has 0 N–H and O–H groups in total. The molecule has 1 heterocycles. The Morgan fingerprint density at radius 2 is 2.00 bits per heavy atom. The van der Waals surface area contributed by atoms with Gasteiger partial charge >= 0.3 is 0 Å². The second-order valence-corrected chi connectivity index (χ2v) is 4.33. The number of hydrogen-bond acceptors (Lipinski definition) is 4. The second-order valence-electron chi connectivity index (χ2n) is 4.33. The smallest absolute Gasteiger partial charge is 0.297 e. The number of aromatic nitrogens is 2. The van der Waals surface area contributed by atoms with E-state index in [1.54, 1.807) is 7.05 Å². The number of methoxy groups -OCH3 is 1. The van der Waals surface area contributed by atoms with Crippen molar-refractivity contribution >= 4 is 5.95 Å². The topological polar surface area (TPSA) is 47.4 Å². The standard InChI is InChI=1S/C14H17N3O2/c1-16(10-11-7-5-4-6-8-11)14-15-9-12(19-3)13(18)17(14)2/h4-9H,10H2,1-3H3. The van der Waals surface area contributed by atoms with Crippen molar-refractivity contribution in [1.82, 2.24) is 9.55 Å². The second kappa shape index (κ2) is 5.56. The Balaban J connectivity index is 2.27. The van der Waals surface area contributed by atoms with Crippen molar-refractivity contribution in [2.24, 2.45) is 7.05 Å². The van der Waals surface area contributed by atoms with Crippen LogP contribution in [0.5, 0.6) is 5.75 Å². The summed E-state index contributed by atoms with van der Waals surface area (Å²) in [7, 11) is 5.06. The lowest BCUT2D eigenvalue weighted by Gasteiger charge is -2.20.